The van der Waals surface area contributed by atoms with Gasteiger partial charge in [-0.3, -0.25) is 9.79 Å². The number of benzene rings is 2. The zero-order valence-corrected chi connectivity index (χ0v) is 21.6. The van der Waals surface area contributed by atoms with Crippen molar-refractivity contribution in [3.05, 3.63) is 71.3 Å². The second kappa shape index (κ2) is 14.0. The summed E-state index contributed by atoms with van der Waals surface area (Å²) in [7, 11) is 7.70. The number of carbonyl (C=O) groups excluding carboxylic acids is 1. The van der Waals surface area contributed by atoms with E-state index < -0.39 is 0 Å². The molecule has 0 fully saturated rings. The molecule has 0 aliphatic carbocycles. The van der Waals surface area contributed by atoms with Gasteiger partial charge in [0, 0.05) is 32.7 Å². The highest BCUT2D eigenvalue weighted by Crippen LogP contribution is 2.18. The summed E-state index contributed by atoms with van der Waals surface area (Å²) >= 11 is 0. The van der Waals surface area contributed by atoms with Crippen LogP contribution in [0.4, 0.5) is 0 Å². The van der Waals surface area contributed by atoms with Gasteiger partial charge in [-0.25, -0.2) is 0 Å². The van der Waals surface area contributed by atoms with Crippen molar-refractivity contribution in [1.29, 1.82) is 0 Å². The summed E-state index contributed by atoms with van der Waals surface area (Å²) in [5.74, 6) is 0.830. The predicted octanol–water partition coefficient (Wildman–Crippen LogP) is 3.41. The molecule has 1 amide bonds. The Morgan fingerprint density at radius 3 is 2.32 bits per heavy atom. The van der Waals surface area contributed by atoms with Gasteiger partial charge in [0.25, 0.3) is 5.91 Å². The van der Waals surface area contributed by atoms with Crippen molar-refractivity contribution >= 4 is 35.8 Å². The highest BCUT2D eigenvalue weighted by atomic mass is 127. The van der Waals surface area contributed by atoms with Gasteiger partial charge in [0.15, 0.2) is 5.96 Å². The molecular formula is C24H36IN5O. The summed E-state index contributed by atoms with van der Waals surface area (Å²) < 4.78 is 0. The molecule has 0 heterocycles. The minimum atomic E-state index is 0. The van der Waals surface area contributed by atoms with Crippen LogP contribution >= 0.6 is 24.0 Å². The first-order valence-corrected chi connectivity index (χ1v) is 10.5. The molecule has 0 aliphatic heterocycles. The van der Waals surface area contributed by atoms with Gasteiger partial charge >= 0.3 is 0 Å². The van der Waals surface area contributed by atoms with E-state index >= 15 is 0 Å². The van der Waals surface area contributed by atoms with Crippen LogP contribution in [0.2, 0.25) is 0 Å². The van der Waals surface area contributed by atoms with Gasteiger partial charge < -0.3 is 20.4 Å². The summed E-state index contributed by atoms with van der Waals surface area (Å²) in [4.78, 5) is 20.8. The molecule has 0 radical (unpaired) electrons. The van der Waals surface area contributed by atoms with Crippen molar-refractivity contribution in [3.8, 4) is 0 Å². The number of nitrogens with zero attached hydrogens (tertiary/aromatic N) is 3. The molecule has 1 atom stereocenters. The number of guanidine groups is 1. The van der Waals surface area contributed by atoms with Gasteiger partial charge in [-0.05, 0) is 50.7 Å². The Bertz CT molecular complexity index is 824. The predicted molar refractivity (Wildman–Crippen MR) is 140 cm³/mol. The van der Waals surface area contributed by atoms with Crippen LogP contribution in [-0.2, 0) is 6.42 Å². The molecule has 6 nitrogen and oxygen atoms in total. The molecule has 170 valence electrons. The van der Waals surface area contributed by atoms with Crippen molar-refractivity contribution in [2.45, 2.75) is 19.4 Å². The van der Waals surface area contributed by atoms with Gasteiger partial charge in [-0.2, -0.15) is 0 Å². The number of carbonyl (C=O) groups is 1. The minimum Gasteiger partial charge on any atom is -0.357 e. The quantitative estimate of drug-likeness (QED) is 0.293. The summed E-state index contributed by atoms with van der Waals surface area (Å²) in [6, 6.07) is 18.5. The molecule has 0 saturated heterocycles. The summed E-state index contributed by atoms with van der Waals surface area (Å²) in [6.45, 7) is 4.27. The molecule has 0 aromatic heterocycles. The maximum Gasteiger partial charge on any atom is 0.253 e. The lowest BCUT2D eigenvalue weighted by Gasteiger charge is -2.23. The largest absolute Gasteiger partial charge is 0.357 e. The zero-order chi connectivity index (χ0) is 21.9. The van der Waals surface area contributed by atoms with Gasteiger partial charge in [-0.15, -0.1) is 24.0 Å². The van der Waals surface area contributed by atoms with Crippen LogP contribution in [-0.4, -0.2) is 69.5 Å². The second-order valence-corrected chi connectivity index (χ2v) is 7.69. The average molecular weight is 537 g/mol. The van der Waals surface area contributed by atoms with Crippen LogP contribution in [0, 0.1) is 0 Å². The Balaban J connectivity index is 0.00000480. The van der Waals surface area contributed by atoms with E-state index in [1.165, 1.54) is 5.56 Å². The maximum absolute atomic E-state index is 12.2. The number of hydrogen-bond donors (Lipinski definition) is 2. The summed E-state index contributed by atoms with van der Waals surface area (Å²) in [5.41, 5.74) is 3.10. The molecular weight excluding hydrogens is 501 g/mol. The Hall–Kier alpha value is -2.13. The second-order valence-electron chi connectivity index (χ2n) is 7.69. The number of aliphatic imine (C=N–C) groups is 1. The summed E-state index contributed by atoms with van der Waals surface area (Å²) in [6.07, 6.45) is 0.814. The SMILES string of the molecule is CCNC(=NCC(c1ccccc1)N(C)C)NCCc1cccc(C(=O)N(C)C)c1.I. The maximum atomic E-state index is 12.2. The van der Waals surface area contributed by atoms with Crippen molar-refractivity contribution in [3.63, 3.8) is 0 Å². The lowest BCUT2D eigenvalue weighted by atomic mass is 10.1. The van der Waals surface area contributed by atoms with E-state index in [-0.39, 0.29) is 35.9 Å². The molecule has 31 heavy (non-hydrogen) atoms. The van der Waals surface area contributed by atoms with Crippen LogP contribution in [0.25, 0.3) is 0 Å². The lowest BCUT2D eigenvalue weighted by molar-refractivity contribution is 0.0827. The Kier molecular flexibility index (Phi) is 12.2. The van der Waals surface area contributed by atoms with Crippen molar-refractivity contribution in [2.24, 2.45) is 4.99 Å². The fourth-order valence-electron chi connectivity index (χ4n) is 3.20. The smallest absolute Gasteiger partial charge is 0.253 e. The highest BCUT2D eigenvalue weighted by Gasteiger charge is 2.13. The molecule has 0 spiro atoms. The van der Waals surface area contributed by atoms with E-state index in [4.69, 9.17) is 4.99 Å². The average Bonchev–Trinajstić information content (AvgIpc) is 2.74. The Labute approximate surface area is 204 Å². The topological polar surface area (TPSA) is 60.0 Å². The van der Waals surface area contributed by atoms with E-state index in [1.807, 2.05) is 24.3 Å². The van der Waals surface area contributed by atoms with Crippen LogP contribution in [0.3, 0.4) is 0 Å². The number of hydrogen-bond acceptors (Lipinski definition) is 3. The van der Waals surface area contributed by atoms with E-state index in [0.29, 0.717) is 6.54 Å². The number of nitrogens with one attached hydrogen (secondary N) is 2. The fourth-order valence-corrected chi connectivity index (χ4v) is 3.20. The van der Waals surface area contributed by atoms with Crippen molar-refractivity contribution < 1.29 is 4.79 Å². The molecule has 7 heteroatoms. The van der Waals surface area contributed by atoms with Gasteiger partial charge in [0.2, 0.25) is 0 Å². The van der Waals surface area contributed by atoms with E-state index in [9.17, 15) is 4.79 Å². The summed E-state index contributed by atoms with van der Waals surface area (Å²) in [5, 5.41) is 6.73. The monoisotopic (exact) mass is 537 g/mol. The molecule has 2 N–H and O–H groups in total. The van der Waals surface area contributed by atoms with Crippen molar-refractivity contribution in [2.75, 3.05) is 47.8 Å². The van der Waals surface area contributed by atoms with Crippen LogP contribution in [0.15, 0.2) is 59.6 Å². The fraction of sp³-hybridized carbons (Fsp3) is 0.417. The first-order chi connectivity index (χ1) is 14.4. The third-order valence-electron chi connectivity index (χ3n) is 4.86. The van der Waals surface area contributed by atoms with Crippen molar-refractivity contribution in [1.82, 2.24) is 20.4 Å². The Morgan fingerprint density at radius 2 is 1.71 bits per heavy atom. The van der Waals surface area contributed by atoms with Gasteiger partial charge in [0.1, 0.15) is 0 Å². The molecule has 0 aliphatic rings. The standard InChI is InChI=1S/C24H35N5O.HI/c1-6-25-24(27-18-22(28(2)3)20-12-8-7-9-13-20)26-16-15-19-11-10-14-21(17-19)23(30)29(4)5;/h7-14,17,22H,6,15-16,18H2,1-5H3,(H2,25,26,27);1H. The number of rotatable bonds is 9. The van der Waals surface area contributed by atoms with Gasteiger partial charge in [-0.1, -0.05) is 42.5 Å². The lowest BCUT2D eigenvalue weighted by Crippen LogP contribution is -2.39. The molecule has 0 saturated carbocycles. The number of likely N-dealkylation sites (N-methyl/N-ethyl adjacent to an activating group) is 1. The molecule has 2 rings (SSSR count). The normalized spacial score (nSPS) is 12.1. The number of halogens is 1. The van der Waals surface area contributed by atoms with Crippen LogP contribution in [0.1, 0.15) is 34.5 Å². The van der Waals surface area contributed by atoms with E-state index in [2.05, 4.69) is 66.9 Å². The highest BCUT2D eigenvalue weighted by molar-refractivity contribution is 14.0. The molecule has 2 aromatic carbocycles. The molecule has 2 aromatic rings. The van der Waals surface area contributed by atoms with Gasteiger partial charge in [0.05, 0.1) is 12.6 Å². The van der Waals surface area contributed by atoms with E-state index in [1.54, 1.807) is 19.0 Å². The molecule has 1 unspecified atom stereocenters. The first kappa shape index (κ1) is 26.9. The Morgan fingerprint density at radius 1 is 1.00 bits per heavy atom. The van der Waals surface area contributed by atoms with Crippen LogP contribution in [0.5, 0.6) is 0 Å². The first-order valence-electron chi connectivity index (χ1n) is 10.5. The zero-order valence-electron chi connectivity index (χ0n) is 19.3. The van der Waals surface area contributed by atoms with Crippen LogP contribution < -0.4 is 10.6 Å². The third kappa shape index (κ3) is 8.86. The minimum absolute atomic E-state index is 0. The number of amides is 1. The van der Waals surface area contributed by atoms with E-state index in [0.717, 1.165) is 36.6 Å². The third-order valence-corrected chi connectivity index (χ3v) is 4.86. The molecule has 0 bridgehead atoms.